The van der Waals surface area contributed by atoms with Gasteiger partial charge in [0.15, 0.2) is 5.78 Å². The number of benzene rings is 1. The van der Waals surface area contributed by atoms with E-state index in [0.29, 0.717) is 18.7 Å². The van der Waals surface area contributed by atoms with Gasteiger partial charge in [0.25, 0.3) is 0 Å². The Morgan fingerprint density at radius 2 is 1.81 bits per heavy atom. The molecule has 2 saturated heterocycles. The molecule has 3 fully saturated rings. The summed E-state index contributed by atoms with van der Waals surface area (Å²) in [6, 6.07) is 7.09. The molecule has 10 nitrogen and oxygen atoms in total. The van der Waals surface area contributed by atoms with Gasteiger partial charge in [0.1, 0.15) is 36.6 Å². The number of nitrogens with one attached hydrogen (secondary N) is 2. The zero-order valence-corrected chi connectivity index (χ0v) is 25.9. The molecule has 0 radical (unpaired) electrons. The average molecular weight is 587 g/mol. The first-order valence-electron chi connectivity index (χ1n) is 14.7. The highest BCUT2D eigenvalue weighted by Gasteiger charge is 2.72. The number of carbonyl (C=O) groups excluding carboxylic acids is 3. The topological polar surface area (TPSA) is 128 Å². The predicted octanol–water partition coefficient (Wildman–Crippen LogP) is 4.56. The third-order valence-corrected chi connectivity index (χ3v) is 8.47. The molecule has 0 aromatic heterocycles. The maximum Gasteiger partial charge on any atom is 0.407 e. The largest absolute Gasteiger partial charge is 0.443 e. The number of allylic oxidation sites excluding steroid dienone is 1. The van der Waals surface area contributed by atoms with Crippen molar-refractivity contribution in [3.05, 3.63) is 41.5 Å². The fourth-order valence-electron chi connectivity index (χ4n) is 5.78. The summed E-state index contributed by atoms with van der Waals surface area (Å²) in [5.41, 5.74) is 1.50. The Morgan fingerprint density at radius 3 is 2.40 bits per heavy atom. The first-order valence-corrected chi connectivity index (χ1v) is 14.7. The number of ether oxygens (including phenoxy) is 5. The van der Waals surface area contributed by atoms with Crippen molar-refractivity contribution < 1.29 is 38.1 Å². The van der Waals surface area contributed by atoms with Crippen LogP contribution in [0.25, 0.3) is 0 Å². The molecular weight excluding hydrogens is 540 g/mol. The van der Waals surface area contributed by atoms with Crippen LogP contribution >= 0.6 is 0 Å². The van der Waals surface area contributed by atoms with Gasteiger partial charge in [-0.3, -0.25) is 9.59 Å². The number of hydrogen-bond donors (Lipinski definition) is 2. The highest BCUT2D eigenvalue weighted by Crippen LogP contribution is 2.59. The van der Waals surface area contributed by atoms with Gasteiger partial charge >= 0.3 is 6.09 Å². The van der Waals surface area contributed by atoms with Crippen molar-refractivity contribution in [2.75, 3.05) is 32.2 Å². The van der Waals surface area contributed by atoms with Crippen molar-refractivity contribution in [2.45, 2.75) is 96.9 Å². The molecule has 2 amide bonds. The van der Waals surface area contributed by atoms with Crippen LogP contribution in [-0.4, -0.2) is 74.2 Å². The third kappa shape index (κ3) is 7.78. The molecule has 1 aromatic rings. The van der Waals surface area contributed by atoms with Crippen LogP contribution in [0.3, 0.4) is 0 Å². The quantitative estimate of drug-likeness (QED) is 0.270. The molecular formula is C32H46N2O8. The summed E-state index contributed by atoms with van der Waals surface area (Å²) in [7, 11) is 1.65. The lowest BCUT2D eigenvalue weighted by molar-refractivity contribution is -0.133. The molecule has 3 aliphatic rings. The lowest BCUT2D eigenvalue weighted by atomic mass is 9.68. The Kier molecular flexibility index (Phi) is 9.82. The lowest BCUT2D eigenvalue weighted by Gasteiger charge is -2.42. The van der Waals surface area contributed by atoms with Gasteiger partial charge in [-0.05, 0) is 57.7 Å². The van der Waals surface area contributed by atoms with Gasteiger partial charge in [-0.15, -0.1) is 0 Å². The maximum absolute atomic E-state index is 12.8. The van der Waals surface area contributed by atoms with E-state index in [1.54, 1.807) is 31.4 Å². The van der Waals surface area contributed by atoms with E-state index in [9.17, 15) is 14.4 Å². The monoisotopic (exact) mass is 586 g/mol. The molecule has 0 bridgehead atoms. The Labute approximate surface area is 248 Å². The normalized spacial score (nSPS) is 29.9. The molecule has 232 valence electrons. The van der Waals surface area contributed by atoms with Crippen molar-refractivity contribution in [3.8, 4) is 0 Å². The van der Waals surface area contributed by atoms with Crippen molar-refractivity contribution in [2.24, 2.45) is 11.3 Å². The molecule has 1 spiro atoms. The standard InChI is InChI=1S/C32H46N2O8/c1-20(2)8-13-25-31(6,42-25)28-27(38-7)23(14-15-32(28)19-40-32)41-29(37)33-16-21-9-11-22(12-10-21)34-26(36)18-39-17-24(35)30(3,4)5/h8-12,23,25,27-28H,13-19H2,1-7H3,(H,33,37)(H,34,36)/t23-,25-,27-,28-,31?,32+/m1/s1. The number of ketones is 1. The molecule has 1 aliphatic carbocycles. The van der Waals surface area contributed by atoms with E-state index in [1.165, 1.54) is 5.57 Å². The van der Waals surface area contributed by atoms with Gasteiger partial charge in [0.05, 0.1) is 18.6 Å². The van der Waals surface area contributed by atoms with Crippen molar-refractivity contribution in [1.82, 2.24) is 5.32 Å². The molecule has 4 rings (SSSR count). The smallest absolute Gasteiger partial charge is 0.407 e. The van der Waals surface area contributed by atoms with E-state index >= 15 is 0 Å². The number of alkyl carbamates (subject to hydrolysis) is 1. The molecule has 2 N–H and O–H groups in total. The Balaban J connectivity index is 1.24. The predicted molar refractivity (Wildman–Crippen MR) is 157 cm³/mol. The van der Waals surface area contributed by atoms with Gasteiger partial charge in [-0.1, -0.05) is 44.6 Å². The van der Waals surface area contributed by atoms with Crippen LogP contribution in [0, 0.1) is 11.3 Å². The zero-order valence-electron chi connectivity index (χ0n) is 25.9. The molecule has 1 saturated carbocycles. The number of rotatable bonds is 12. The van der Waals surface area contributed by atoms with E-state index in [-0.39, 0.29) is 55.2 Å². The number of Topliss-reactive ketones (excluding diaryl/α,β-unsaturated/α-hetero) is 1. The Hall–Kier alpha value is -2.79. The number of hydrogen-bond acceptors (Lipinski definition) is 8. The van der Waals surface area contributed by atoms with Crippen LogP contribution in [0.4, 0.5) is 10.5 Å². The van der Waals surface area contributed by atoms with Gasteiger partial charge in [-0.2, -0.15) is 0 Å². The van der Waals surface area contributed by atoms with Crippen LogP contribution in [0.5, 0.6) is 0 Å². The molecule has 1 aromatic carbocycles. The molecule has 2 aliphatic heterocycles. The van der Waals surface area contributed by atoms with Gasteiger partial charge in [-0.25, -0.2) is 4.79 Å². The Bertz CT molecular complexity index is 1170. The van der Waals surface area contributed by atoms with E-state index in [0.717, 1.165) is 18.4 Å². The van der Waals surface area contributed by atoms with Crippen LogP contribution in [0.1, 0.15) is 66.4 Å². The fraction of sp³-hybridized carbons (Fsp3) is 0.656. The van der Waals surface area contributed by atoms with E-state index in [1.807, 2.05) is 20.8 Å². The second-order valence-electron chi connectivity index (χ2n) is 13.1. The van der Waals surface area contributed by atoms with Gasteiger partial charge in [0, 0.05) is 24.8 Å². The third-order valence-electron chi connectivity index (χ3n) is 8.47. The zero-order chi connectivity index (χ0) is 30.7. The summed E-state index contributed by atoms with van der Waals surface area (Å²) in [4.78, 5) is 36.9. The lowest BCUT2D eigenvalue weighted by Crippen LogP contribution is -2.56. The summed E-state index contributed by atoms with van der Waals surface area (Å²) >= 11 is 0. The minimum Gasteiger partial charge on any atom is -0.443 e. The first kappa shape index (κ1) is 32.1. The molecule has 6 atom stereocenters. The number of anilines is 1. The van der Waals surface area contributed by atoms with Crippen molar-refractivity contribution in [3.63, 3.8) is 0 Å². The van der Waals surface area contributed by atoms with Crippen molar-refractivity contribution >= 4 is 23.5 Å². The average Bonchev–Trinajstić information content (AvgIpc) is 3.84. The maximum atomic E-state index is 12.8. The molecule has 10 heteroatoms. The van der Waals surface area contributed by atoms with Gasteiger partial charge < -0.3 is 34.3 Å². The summed E-state index contributed by atoms with van der Waals surface area (Å²) in [6.45, 7) is 12.3. The minimum atomic E-state index is -0.518. The fourth-order valence-corrected chi connectivity index (χ4v) is 5.78. The Morgan fingerprint density at radius 1 is 1.12 bits per heavy atom. The number of amides is 2. The second-order valence-corrected chi connectivity index (χ2v) is 13.1. The van der Waals surface area contributed by atoms with E-state index in [4.69, 9.17) is 23.7 Å². The molecule has 2 heterocycles. The van der Waals surface area contributed by atoms with Crippen molar-refractivity contribution in [1.29, 1.82) is 0 Å². The van der Waals surface area contributed by atoms with E-state index in [2.05, 4.69) is 37.5 Å². The molecule has 42 heavy (non-hydrogen) atoms. The summed E-state index contributed by atoms with van der Waals surface area (Å²) < 4.78 is 29.3. The van der Waals surface area contributed by atoms with Crippen LogP contribution in [-0.2, 0) is 39.8 Å². The van der Waals surface area contributed by atoms with Crippen LogP contribution in [0.15, 0.2) is 35.9 Å². The minimum absolute atomic E-state index is 0.0377. The highest BCUT2D eigenvalue weighted by atomic mass is 16.6. The number of epoxide rings is 2. The number of methoxy groups -OCH3 is 1. The van der Waals surface area contributed by atoms with Crippen LogP contribution in [0.2, 0.25) is 0 Å². The summed E-state index contributed by atoms with van der Waals surface area (Å²) in [5, 5.41) is 5.56. The summed E-state index contributed by atoms with van der Waals surface area (Å²) in [5.74, 6) is -0.455. The van der Waals surface area contributed by atoms with E-state index < -0.39 is 23.2 Å². The number of carbonyl (C=O) groups is 3. The SMILES string of the molecule is CO[C@H]1[C@H](C2(C)O[C@@H]2CC=C(C)C)[C@]2(CC[C@H]1OC(=O)NCc1ccc(NC(=O)COCC(=O)C(C)(C)C)cc1)CO2. The highest BCUT2D eigenvalue weighted by molar-refractivity contribution is 5.92. The van der Waals surface area contributed by atoms with Gasteiger partial charge in [0.2, 0.25) is 5.91 Å². The van der Waals surface area contributed by atoms with Crippen LogP contribution < -0.4 is 10.6 Å². The molecule has 1 unspecified atom stereocenters. The summed E-state index contributed by atoms with van der Waals surface area (Å²) in [6.07, 6.45) is 3.27. The first-order chi connectivity index (χ1) is 19.8. The second kappa shape index (κ2) is 12.8.